The van der Waals surface area contributed by atoms with E-state index in [0.717, 1.165) is 31.9 Å². The molecule has 1 aliphatic rings. The van der Waals surface area contributed by atoms with Crippen LogP contribution < -0.4 is 4.90 Å². The number of β-amino-alcohol motifs (C(OH)–C–C–N with tert-alkyl or cyclic N) is 1. The lowest BCUT2D eigenvalue weighted by molar-refractivity contribution is 0.0693. The molecule has 0 spiro atoms. The summed E-state index contributed by atoms with van der Waals surface area (Å²) in [5.74, 6) is -1.52. The Labute approximate surface area is 156 Å². The number of aromatic carboxylic acids is 1. The van der Waals surface area contributed by atoms with E-state index in [-0.39, 0.29) is 11.3 Å². The molecule has 1 unspecified atom stereocenters. The van der Waals surface area contributed by atoms with Gasteiger partial charge in [0.2, 0.25) is 0 Å². The van der Waals surface area contributed by atoms with Crippen molar-refractivity contribution in [1.82, 2.24) is 4.90 Å². The third kappa shape index (κ3) is 4.27. The van der Waals surface area contributed by atoms with Crippen LogP contribution in [0.2, 0.25) is 5.02 Å². The van der Waals surface area contributed by atoms with E-state index in [1.54, 1.807) is 6.07 Å². The summed E-state index contributed by atoms with van der Waals surface area (Å²) >= 11 is 5.92. The first-order valence-corrected chi connectivity index (χ1v) is 8.79. The highest BCUT2D eigenvalue weighted by atomic mass is 35.5. The molecule has 2 aromatic carbocycles. The molecule has 7 heteroatoms. The number of halogens is 1. The van der Waals surface area contributed by atoms with Crippen molar-refractivity contribution in [3.63, 3.8) is 0 Å². The van der Waals surface area contributed by atoms with Crippen LogP contribution in [0.25, 0.3) is 0 Å². The Morgan fingerprint density at radius 3 is 2.35 bits per heavy atom. The van der Waals surface area contributed by atoms with Crippen molar-refractivity contribution in [2.75, 3.05) is 37.6 Å². The summed E-state index contributed by atoms with van der Waals surface area (Å²) in [5, 5.41) is 29.8. The summed E-state index contributed by atoms with van der Waals surface area (Å²) in [4.78, 5) is 15.5. The van der Waals surface area contributed by atoms with Crippen molar-refractivity contribution in [1.29, 1.82) is 0 Å². The van der Waals surface area contributed by atoms with E-state index in [9.17, 15) is 15.0 Å². The lowest BCUT2D eigenvalue weighted by atomic mass is 10.0. The standard InChI is InChI=1S/C19H21ClN2O4/c20-14-2-4-15(5-3-14)22-9-7-21(8-10-22)12-18(24)13-1-6-17(23)16(11-13)19(25)26/h1-6,11,18,23-24H,7-10,12H2,(H,25,26). The molecule has 0 aromatic heterocycles. The van der Waals surface area contributed by atoms with Gasteiger partial charge in [0.25, 0.3) is 0 Å². The third-order valence-electron chi connectivity index (χ3n) is 4.63. The minimum absolute atomic E-state index is 0.200. The van der Waals surface area contributed by atoms with E-state index >= 15 is 0 Å². The first-order chi connectivity index (χ1) is 12.4. The normalized spacial score (nSPS) is 16.5. The molecule has 3 rings (SSSR count). The molecule has 1 heterocycles. The molecule has 2 aromatic rings. The van der Waals surface area contributed by atoms with Crippen molar-refractivity contribution < 1.29 is 20.1 Å². The predicted molar refractivity (Wildman–Crippen MR) is 100 cm³/mol. The summed E-state index contributed by atoms with van der Waals surface area (Å²) in [5.41, 5.74) is 1.41. The fraction of sp³-hybridized carbons (Fsp3) is 0.316. The Hall–Kier alpha value is -2.28. The van der Waals surface area contributed by atoms with Gasteiger partial charge >= 0.3 is 5.97 Å². The van der Waals surface area contributed by atoms with Gasteiger partial charge in [-0.05, 0) is 42.0 Å². The molecular weight excluding hydrogens is 356 g/mol. The number of hydrogen-bond donors (Lipinski definition) is 3. The number of piperazine rings is 1. The van der Waals surface area contributed by atoms with E-state index in [4.69, 9.17) is 16.7 Å². The van der Waals surface area contributed by atoms with Gasteiger partial charge in [-0.15, -0.1) is 0 Å². The fourth-order valence-corrected chi connectivity index (χ4v) is 3.25. The maximum atomic E-state index is 11.1. The smallest absolute Gasteiger partial charge is 0.339 e. The molecule has 1 saturated heterocycles. The molecule has 1 fully saturated rings. The molecule has 1 aliphatic heterocycles. The number of benzene rings is 2. The van der Waals surface area contributed by atoms with Crippen molar-refractivity contribution in [3.8, 4) is 5.75 Å². The van der Waals surface area contributed by atoms with E-state index in [0.29, 0.717) is 17.1 Å². The maximum absolute atomic E-state index is 11.1. The van der Waals surface area contributed by atoms with E-state index in [2.05, 4.69) is 9.80 Å². The first-order valence-electron chi connectivity index (χ1n) is 8.41. The molecule has 0 aliphatic carbocycles. The summed E-state index contributed by atoms with van der Waals surface area (Å²) in [6.45, 7) is 3.68. The highest BCUT2D eigenvalue weighted by Crippen LogP contribution is 2.24. The molecule has 0 amide bonds. The van der Waals surface area contributed by atoms with Gasteiger partial charge in [0.15, 0.2) is 0 Å². The number of anilines is 1. The Kier molecular flexibility index (Phi) is 5.66. The van der Waals surface area contributed by atoms with Crippen molar-refractivity contribution in [2.24, 2.45) is 0 Å². The number of rotatable bonds is 5. The van der Waals surface area contributed by atoms with Crippen LogP contribution in [-0.4, -0.2) is 58.9 Å². The van der Waals surface area contributed by atoms with Gasteiger partial charge in [-0.3, -0.25) is 4.90 Å². The molecule has 1 atom stereocenters. The minimum Gasteiger partial charge on any atom is -0.507 e. The Morgan fingerprint density at radius 1 is 1.08 bits per heavy atom. The number of aliphatic hydroxyl groups is 1. The second-order valence-electron chi connectivity index (χ2n) is 6.36. The highest BCUT2D eigenvalue weighted by Gasteiger charge is 2.21. The Bertz CT molecular complexity index is 774. The Balaban J connectivity index is 1.58. The van der Waals surface area contributed by atoms with Crippen LogP contribution in [0.15, 0.2) is 42.5 Å². The number of aromatic hydroxyl groups is 1. The number of carboxylic acids is 1. The summed E-state index contributed by atoms with van der Waals surface area (Å²) in [6.07, 6.45) is -0.809. The summed E-state index contributed by atoms with van der Waals surface area (Å²) < 4.78 is 0. The zero-order valence-electron chi connectivity index (χ0n) is 14.2. The zero-order chi connectivity index (χ0) is 18.7. The van der Waals surface area contributed by atoms with Crippen molar-refractivity contribution in [2.45, 2.75) is 6.10 Å². The van der Waals surface area contributed by atoms with Crippen LogP contribution >= 0.6 is 11.6 Å². The van der Waals surface area contributed by atoms with Crippen LogP contribution in [0.1, 0.15) is 22.0 Å². The maximum Gasteiger partial charge on any atom is 0.339 e. The average Bonchev–Trinajstić information content (AvgIpc) is 2.63. The van der Waals surface area contributed by atoms with Gasteiger partial charge in [-0.2, -0.15) is 0 Å². The van der Waals surface area contributed by atoms with Gasteiger partial charge in [-0.1, -0.05) is 17.7 Å². The first kappa shape index (κ1) is 18.5. The molecule has 138 valence electrons. The second-order valence-corrected chi connectivity index (χ2v) is 6.80. The topological polar surface area (TPSA) is 84.2 Å². The lowest BCUT2D eigenvalue weighted by Crippen LogP contribution is -2.47. The molecule has 3 N–H and O–H groups in total. The quantitative estimate of drug-likeness (QED) is 0.744. The van der Waals surface area contributed by atoms with Gasteiger partial charge < -0.3 is 20.2 Å². The van der Waals surface area contributed by atoms with Crippen LogP contribution in [0.3, 0.4) is 0 Å². The van der Waals surface area contributed by atoms with Crippen LogP contribution in [0.4, 0.5) is 5.69 Å². The van der Waals surface area contributed by atoms with Crippen LogP contribution in [0, 0.1) is 0 Å². The van der Waals surface area contributed by atoms with Gasteiger partial charge in [0, 0.05) is 43.4 Å². The lowest BCUT2D eigenvalue weighted by Gasteiger charge is -2.37. The summed E-state index contributed by atoms with van der Waals surface area (Å²) in [6, 6.07) is 11.9. The SMILES string of the molecule is O=C(O)c1cc(C(O)CN2CCN(c3ccc(Cl)cc3)CC2)ccc1O. The summed E-state index contributed by atoms with van der Waals surface area (Å²) in [7, 11) is 0. The number of aliphatic hydroxyl groups excluding tert-OH is 1. The number of carboxylic acid groups (broad SMARTS) is 1. The highest BCUT2D eigenvalue weighted by molar-refractivity contribution is 6.30. The monoisotopic (exact) mass is 376 g/mol. The molecule has 6 nitrogen and oxygen atoms in total. The van der Waals surface area contributed by atoms with Crippen molar-refractivity contribution in [3.05, 3.63) is 58.6 Å². The van der Waals surface area contributed by atoms with E-state index in [1.165, 1.54) is 12.1 Å². The largest absolute Gasteiger partial charge is 0.507 e. The van der Waals surface area contributed by atoms with E-state index < -0.39 is 12.1 Å². The fourth-order valence-electron chi connectivity index (χ4n) is 3.12. The number of hydrogen-bond acceptors (Lipinski definition) is 5. The molecule has 26 heavy (non-hydrogen) atoms. The molecule has 0 bridgehead atoms. The predicted octanol–water partition coefficient (Wildman–Crippen LogP) is 2.60. The third-order valence-corrected chi connectivity index (χ3v) is 4.88. The van der Waals surface area contributed by atoms with Gasteiger partial charge in [0.1, 0.15) is 11.3 Å². The number of carbonyl (C=O) groups is 1. The second kappa shape index (κ2) is 7.95. The van der Waals surface area contributed by atoms with Crippen LogP contribution in [-0.2, 0) is 0 Å². The Morgan fingerprint density at radius 2 is 1.73 bits per heavy atom. The van der Waals surface area contributed by atoms with Crippen molar-refractivity contribution >= 4 is 23.3 Å². The average molecular weight is 377 g/mol. The van der Waals surface area contributed by atoms with Gasteiger partial charge in [-0.25, -0.2) is 4.79 Å². The molecular formula is C19H21ClN2O4. The zero-order valence-corrected chi connectivity index (χ0v) is 14.9. The van der Waals surface area contributed by atoms with Gasteiger partial charge in [0.05, 0.1) is 6.10 Å². The number of phenols is 1. The molecule has 0 radical (unpaired) electrons. The number of nitrogens with zero attached hydrogens (tertiary/aromatic N) is 2. The minimum atomic E-state index is -1.21. The van der Waals surface area contributed by atoms with Crippen LogP contribution in [0.5, 0.6) is 5.75 Å². The molecule has 0 saturated carbocycles. The van der Waals surface area contributed by atoms with E-state index in [1.807, 2.05) is 24.3 Å².